The second kappa shape index (κ2) is 2.25. The van der Waals surface area contributed by atoms with Gasteiger partial charge in [-0.25, -0.2) is 5.32 Å². The van der Waals surface area contributed by atoms with Gasteiger partial charge in [-0.2, -0.15) is 0 Å². The van der Waals surface area contributed by atoms with E-state index in [1.54, 1.807) is 0 Å². The number of nitrogens with one attached hydrogen (secondary N) is 1. The first-order valence-corrected chi connectivity index (χ1v) is 3.44. The molecule has 2 saturated heterocycles. The first kappa shape index (κ1) is 5.65. The van der Waals surface area contributed by atoms with Crippen LogP contribution in [-0.2, 0) is 4.74 Å². The average molecular weight is 127 g/mol. The van der Waals surface area contributed by atoms with Gasteiger partial charge in [0, 0.05) is 26.2 Å². The molecule has 51 valence electrons. The summed E-state index contributed by atoms with van der Waals surface area (Å²) in [7, 11) is 0. The Labute approximate surface area is 54.8 Å². The van der Waals surface area contributed by atoms with Gasteiger partial charge in [-0.3, -0.25) is 0 Å². The van der Waals surface area contributed by atoms with E-state index in [1.165, 1.54) is 0 Å². The summed E-state index contributed by atoms with van der Waals surface area (Å²) in [6.07, 6.45) is 0.745. The third-order valence-electron chi connectivity index (χ3n) is 1.79. The van der Waals surface area contributed by atoms with E-state index in [0.29, 0.717) is 12.2 Å². The van der Waals surface area contributed by atoms with Gasteiger partial charge in [0.25, 0.3) is 0 Å². The van der Waals surface area contributed by atoms with Gasteiger partial charge in [-0.1, -0.05) is 0 Å². The summed E-state index contributed by atoms with van der Waals surface area (Å²) in [6, 6.07) is 0. The molecule has 2 rings (SSSR count). The van der Waals surface area contributed by atoms with Crippen molar-refractivity contribution in [2.45, 2.75) is 12.2 Å². The molecule has 3 nitrogen and oxygen atoms in total. The van der Waals surface area contributed by atoms with Crippen LogP contribution in [0.25, 0.3) is 0 Å². The van der Waals surface area contributed by atoms with E-state index in [9.17, 15) is 0 Å². The summed E-state index contributed by atoms with van der Waals surface area (Å²) in [5.74, 6) is 0. The Bertz CT molecular complexity index is 87.2. The standard InChI is InChI=1S/C6H11N2O/c1-5-2-8-4-6(9-5)3-7-1/h5-7H,1-4H2. The normalized spacial score (nSPS) is 42.7. The number of rotatable bonds is 0. The number of hydrogen-bond donors (Lipinski definition) is 1. The fourth-order valence-electron chi connectivity index (χ4n) is 1.35. The first-order chi connectivity index (χ1) is 4.45. The molecule has 0 aliphatic carbocycles. The highest BCUT2D eigenvalue weighted by Gasteiger charge is 2.26. The zero-order chi connectivity index (χ0) is 6.10. The average Bonchev–Trinajstić information content (AvgIpc) is 1.88. The number of ether oxygens (including phenoxy) is 1. The van der Waals surface area contributed by atoms with Crippen LogP contribution >= 0.6 is 0 Å². The van der Waals surface area contributed by atoms with Crippen LogP contribution in [0, 0.1) is 0 Å². The minimum absolute atomic E-state index is 0.373. The summed E-state index contributed by atoms with van der Waals surface area (Å²) in [6.45, 7) is 3.76. The van der Waals surface area contributed by atoms with Gasteiger partial charge in [0.2, 0.25) is 0 Å². The molecule has 2 atom stereocenters. The number of fused-ring (bicyclic) bond motifs is 2. The van der Waals surface area contributed by atoms with Crippen molar-refractivity contribution >= 4 is 0 Å². The van der Waals surface area contributed by atoms with Crippen molar-refractivity contribution in [3.8, 4) is 0 Å². The van der Waals surface area contributed by atoms with Crippen molar-refractivity contribution in [1.29, 1.82) is 0 Å². The Morgan fingerprint density at radius 2 is 1.89 bits per heavy atom. The SMILES string of the molecule is C1[N]CC2CNCC1O2. The van der Waals surface area contributed by atoms with Crippen LogP contribution in [0.5, 0.6) is 0 Å². The van der Waals surface area contributed by atoms with E-state index in [4.69, 9.17) is 4.74 Å². The first-order valence-electron chi connectivity index (χ1n) is 3.44. The largest absolute Gasteiger partial charge is 0.370 e. The fourth-order valence-corrected chi connectivity index (χ4v) is 1.35. The van der Waals surface area contributed by atoms with Crippen LogP contribution in [-0.4, -0.2) is 38.4 Å². The molecule has 0 amide bonds. The van der Waals surface area contributed by atoms with Crippen molar-refractivity contribution in [1.82, 2.24) is 10.6 Å². The molecular weight excluding hydrogens is 116 g/mol. The quantitative estimate of drug-likeness (QED) is 0.451. The molecule has 0 spiro atoms. The second-order valence-corrected chi connectivity index (χ2v) is 2.63. The molecule has 2 aliphatic rings. The number of morpholine rings is 2. The van der Waals surface area contributed by atoms with Crippen molar-refractivity contribution in [2.75, 3.05) is 26.2 Å². The van der Waals surface area contributed by atoms with Gasteiger partial charge in [-0.05, 0) is 0 Å². The lowest BCUT2D eigenvalue weighted by Gasteiger charge is -2.34. The highest BCUT2D eigenvalue weighted by atomic mass is 16.5. The molecule has 1 N–H and O–H groups in total. The van der Waals surface area contributed by atoms with Gasteiger partial charge >= 0.3 is 0 Å². The van der Waals surface area contributed by atoms with E-state index in [1.807, 2.05) is 0 Å². The summed E-state index contributed by atoms with van der Waals surface area (Å²) >= 11 is 0. The van der Waals surface area contributed by atoms with Crippen LogP contribution in [0.1, 0.15) is 0 Å². The lowest BCUT2D eigenvalue weighted by Crippen LogP contribution is -2.54. The minimum atomic E-state index is 0.373. The van der Waals surface area contributed by atoms with Crippen molar-refractivity contribution in [2.24, 2.45) is 0 Å². The van der Waals surface area contributed by atoms with Crippen molar-refractivity contribution in [3.05, 3.63) is 0 Å². The summed E-state index contributed by atoms with van der Waals surface area (Å²) in [5, 5.41) is 7.60. The van der Waals surface area contributed by atoms with Gasteiger partial charge in [0.15, 0.2) is 0 Å². The van der Waals surface area contributed by atoms with E-state index < -0.39 is 0 Å². The summed E-state index contributed by atoms with van der Waals surface area (Å²) < 4.78 is 5.57. The van der Waals surface area contributed by atoms with Crippen LogP contribution in [0.3, 0.4) is 0 Å². The Morgan fingerprint density at radius 3 is 2.44 bits per heavy atom. The van der Waals surface area contributed by atoms with Crippen LogP contribution < -0.4 is 10.6 Å². The second-order valence-electron chi connectivity index (χ2n) is 2.63. The highest BCUT2D eigenvalue weighted by molar-refractivity contribution is 4.81. The Kier molecular flexibility index (Phi) is 1.41. The van der Waals surface area contributed by atoms with Gasteiger partial charge in [-0.15, -0.1) is 0 Å². The smallest absolute Gasteiger partial charge is 0.0845 e. The molecule has 2 heterocycles. The van der Waals surface area contributed by atoms with E-state index in [0.717, 1.165) is 26.2 Å². The lowest BCUT2D eigenvalue weighted by atomic mass is 10.2. The fraction of sp³-hybridized carbons (Fsp3) is 1.00. The minimum Gasteiger partial charge on any atom is -0.370 e. The predicted octanol–water partition coefficient (Wildman–Crippen LogP) is -1.04. The van der Waals surface area contributed by atoms with Crippen molar-refractivity contribution < 1.29 is 4.74 Å². The maximum Gasteiger partial charge on any atom is 0.0845 e. The zero-order valence-corrected chi connectivity index (χ0v) is 5.34. The molecule has 0 aromatic rings. The van der Waals surface area contributed by atoms with Crippen LogP contribution in [0.2, 0.25) is 0 Å². The maximum absolute atomic E-state index is 5.57. The molecule has 2 bridgehead atoms. The molecule has 2 unspecified atom stereocenters. The van der Waals surface area contributed by atoms with Crippen molar-refractivity contribution in [3.63, 3.8) is 0 Å². The Hall–Kier alpha value is -0.120. The maximum atomic E-state index is 5.57. The van der Waals surface area contributed by atoms with Gasteiger partial charge in [0.05, 0.1) is 12.2 Å². The summed E-state index contributed by atoms with van der Waals surface area (Å²) in [4.78, 5) is 0. The van der Waals surface area contributed by atoms with Crippen LogP contribution in [0.4, 0.5) is 0 Å². The monoisotopic (exact) mass is 127 g/mol. The molecule has 0 aromatic carbocycles. The van der Waals surface area contributed by atoms with E-state index in [-0.39, 0.29) is 0 Å². The molecule has 2 fully saturated rings. The molecule has 0 saturated carbocycles. The predicted molar refractivity (Wildman–Crippen MR) is 33.4 cm³/mol. The molecule has 0 aromatic heterocycles. The van der Waals surface area contributed by atoms with E-state index >= 15 is 0 Å². The molecule has 3 heteroatoms. The molecule has 1 radical (unpaired) electrons. The molecule has 9 heavy (non-hydrogen) atoms. The third-order valence-corrected chi connectivity index (χ3v) is 1.79. The highest BCUT2D eigenvalue weighted by Crippen LogP contribution is 2.07. The third kappa shape index (κ3) is 1.08. The topological polar surface area (TPSA) is 35.4 Å². The Morgan fingerprint density at radius 1 is 1.22 bits per heavy atom. The summed E-state index contributed by atoms with van der Waals surface area (Å²) in [5.41, 5.74) is 0. The lowest BCUT2D eigenvalue weighted by molar-refractivity contribution is -0.0599. The Balaban J connectivity index is 1.96. The van der Waals surface area contributed by atoms with Gasteiger partial charge < -0.3 is 10.1 Å². The van der Waals surface area contributed by atoms with Gasteiger partial charge in [0.1, 0.15) is 0 Å². The van der Waals surface area contributed by atoms with Crippen LogP contribution in [0.15, 0.2) is 0 Å². The zero-order valence-electron chi connectivity index (χ0n) is 5.34. The molecule has 2 aliphatic heterocycles. The number of nitrogens with zero attached hydrogens (tertiary/aromatic N) is 1. The number of hydrogen-bond acceptors (Lipinski definition) is 2. The molecular formula is C6H11N2O. The van der Waals surface area contributed by atoms with E-state index in [2.05, 4.69) is 10.6 Å².